The van der Waals surface area contributed by atoms with Crippen LogP contribution in [0.3, 0.4) is 0 Å². The van der Waals surface area contributed by atoms with Crippen molar-refractivity contribution in [3.8, 4) is 0 Å². The van der Waals surface area contributed by atoms with Crippen LogP contribution >= 0.6 is 11.6 Å². The van der Waals surface area contributed by atoms with E-state index in [1.54, 1.807) is 24.3 Å². The molecule has 4 N–H and O–H groups in total. The lowest BCUT2D eigenvalue weighted by atomic mass is 10.2. The molecule has 0 saturated carbocycles. The molecule has 1 unspecified atom stereocenters. The summed E-state index contributed by atoms with van der Waals surface area (Å²) in [5, 5.41) is 14.0. The van der Waals surface area contributed by atoms with Gasteiger partial charge in [-0.1, -0.05) is 41.9 Å². The van der Waals surface area contributed by atoms with Crippen LogP contribution < -0.4 is 16.1 Å². The van der Waals surface area contributed by atoms with E-state index in [1.807, 2.05) is 6.07 Å². The fourth-order valence-corrected chi connectivity index (χ4v) is 2.26. The van der Waals surface area contributed by atoms with Crippen LogP contribution in [0.25, 0.3) is 0 Å². The van der Waals surface area contributed by atoms with Crippen LogP contribution in [0.1, 0.15) is 12.0 Å². The van der Waals surface area contributed by atoms with Crippen LogP contribution in [0.5, 0.6) is 0 Å². The van der Waals surface area contributed by atoms with Crippen molar-refractivity contribution in [1.82, 2.24) is 16.1 Å². The number of alkyl carbamates (subject to hydrolysis) is 1. The van der Waals surface area contributed by atoms with E-state index in [9.17, 15) is 14.4 Å². The molecule has 1 aliphatic heterocycles. The molecule has 140 valence electrons. The van der Waals surface area contributed by atoms with Gasteiger partial charge in [0.2, 0.25) is 5.91 Å². The lowest BCUT2D eigenvalue weighted by molar-refractivity contribution is -0.139. The Labute approximate surface area is 154 Å². The maximum absolute atomic E-state index is 12.2. The molecule has 2 amide bonds. The topological polar surface area (TPSA) is 126 Å². The zero-order chi connectivity index (χ0) is 18.9. The normalized spacial score (nSPS) is 16.8. The molecular formula is C16H18ClN3O6. The number of hydrogen-bond acceptors (Lipinski definition) is 6. The van der Waals surface area contributed by atoms with Gasteiger partial charge in [-0.05, 0) is 11.6 Å². The van der Waals surface area contributed by atoms with E-state index in [4.69, 9.17) is 26.3 Å². The van der Waals surface area contributed by atoms with Crippen LogP contribution in [-0.2, 0) is 25.8 Å². The first kappa shape index (κ1) is 19.5. The third kappa shape index (κ3) is 6.61. The Balaban J connectivity index is 1.83. The molecule has 0 bridgehead atoms. The van der Waals surface area contributed by atoms with Crippen LogP contribution in [0.2, 0.25) is 0 Å². The first-order chi connectivity index (χ1) is 12.4. The molecule has 0 aliphatic carbocycles. The molecule has 9 nitrogen and oxygen atoms in total. The number of carbonyl (C=O) groups is 3. The van der Waals surface area contributed by atoms with E-state index in [-0.39, 0.29) is 18.3 Å². The van der Waals surface area contributed by atoms with Crippen LogP contribution in [0, 0.1) is 0 Å². The number of rotatable bonds is 8. The minimum absolute atomic E-state index is 0.00103. The van der Waals surface area contributed by atoms with Gasteiger partial charge < -0.3 is 20.5 Å². The van der Waals surface area contributed by atoms with Gasteiger partial charge in [-0.15, -0.1) is 0 Å². The average Bonchev–Trinajstić information content (AvgIpc) is 3.03. The quantitative estimate of drug-likeness (QED) is 0.490. The van der Waals surface area contributed by atoms with Gasteiger partial charge in [0.1, 0.15) is 23.9 Å². The number of hydrogen-bond donors (Lipinski definition) is 4. The Morgan fingerprint density at radius 1 is 1.31 bits per heavy atom. The summed E-state index contributed by atoms with van der Waals surface area (Å²) < 4.78 is 5.00. The molecule has 2 atom stereocenters. The molecule has 0 radical (unpaired) electrons. The number of hydroxylamine groups is 1. The van der Waals surface area contributed by atoms with E-state index in [2.05, 4.69) is 16.1 Å². The third-order valence-electron chi connectivity index (χ3n) is 3.32. The van der Waals surface area contributed by atoms with E-state index < -0.39 is 36.5 Å². The molecule has 1 aromatic rings. The van der Waals surface area contributed by atoms with Crippen LogP contribution in [0.15, 0.2) is 41.6 Å². The first-order valence-electron chi connectivity index (χ1n) is 7.69. The van der Waals surface area contributed by atoms with Crippen molar-refractivity contribution in [2.24, 2.45) is 0 Å². The zero-order valence-corrected chi connectivity index (χ0v) is 14.4. The van der Waals surface area contributed by atoms with Crippen molar-refractivity contribution in [3.05, 3.63) is 47.1 Å². The summed E-state index contributed by atoms with van der Waals surface area (Å²) in [6, 6.07) is 7.65. The Bertz CT molecular complexity index is 682. The highest BCUT2D eigenvalue weighted by atomic mass is 35.5. The Kier molecular flexibility index (Phi) is 7.24. The maximum atomic E-state index is 12.2. The zero-order valence-electron chi connectivity index (χ0n) is 13.6. The lowest BCUT2D eigenvalue weighted by Crippen LogP contribution is -2.49. The summed E-state index contributed by atoms with van der Waals surface area (Å²) in [5.74, 6) is -1.92. The average molecular weight is 384 g/mol. The van der Waals surface area contributed by atoms with Crippen molar-refractivity contribution in [3.63, 3.8) is 0 Å². The van der Waals surface area contributed by atoms with Gasteiger partial charge in [0.25, 0.3) is 0 Å². The number of amides is 2. The van der Waals surface area contributed by atoms with E-state index in [0.29, 0.717) is 0 Å². The number of carboxylic acid groups (broad SMARTS) is 1. The molecule has 1 aromatic carbocycles. The minimum Gasteiger partial charge on any atom is -0.481 e. The number of halogens is 1. The molecule has 0 fully saturated rings. The van der Waals surface area contributed by atoms with Gasteiger partial charge >= 0.3 is 12.1 Å². The molecule has 2 rings (SSSR count). The number of aliphatic carboxylic acids is 1. The van der Waals surface area contributed by atoms with Gasteiger partial charge in [0, 0.05) is 0 Å². The number of ether oxygens (including phenoxy) is 1. The summed E-state index contributed by atoms with van der Waals surface area (Å²) in [7, 11) is 0. The van der Waals surface area contributed by atoms with Crippen molar-refractivity contribution in [2.45, 2.75) is 25.2 Å². The molecule has 1 aliphatic rings. The molecule has 26 heavy (non-hydrogen) atoms. The van der Waals surface area contributed by atoms with Gasteiger partial charge in [-0.3, -0.25) is 19.9 Å². The predicted molar refractivity (Wildman–Crippen MR) is 90.8 cm³/mol. The molecule has 0 spiro atoms. The highest BCUT2D eigenvalue weighted by Gasteiger charge is 2.25. The summed E-state index contributed by atoms with van der Waals surface area (Å²) in [6.45, 7) is 0.0534. The lowest BCUT2D eigenvalue weighted by Gasteiger charge is -2.17. The number of carbonyl (C=O) groups excluding carboxylic acids is 2. The Morgan fingerprint density at radius 2 is 2.04 bits per heavy atom. The molecule has 0 aromatic heterocycles. The SMILES string of the molecule is O=C(O)C[C@H](NC(=O)OCc1ccccc1)C(=O)NCC1C=C(Cl)NO1. The van der Waals surface area contributed by atoms with Gasteiger partial charge in [-0.2, -0.15) is 0 Å². The van der Waals surface area contributed by atoms with Gasteiger partial charge in [0.05, 0.1) is 13.0 Å². The fraction of sp³-hybridized carbons (Fsp3) is 0.312. The molecule has 10 heteroatoms. The van der Waals surface area contributed by atoms with E-state index in [1.165, 1.54) is 6.08 Å². The molecule has 0 saturated heterocycles. The first-order valence-corrected chi connectivity index (χ1v) is 8.07. The van der Waals surface area contributed by atoms with Crippen molar-refractivity contribution in [2.75, 3.05) is 6.54 Å². The minimum atomic E-state index is -1.29. The standard InChI is InChI=1S/C16H18ClN3O6/c17-13-6-11(26-20-13)8-18-15(23)12(7-14(21)22)19-16(24)25-9-10-4-2-1-3-5-10/h1-6,11-12,20H,7-9H2,(H,18,23)(H,19,24)(H,21,22)/t11?,12-/m0/s1. The van der Waals surface area contributed by atoms with Crippen molar-refractivity contribution < 1.29 is 29.1 Å². The second-order valence-electron chi connectivity index (χ2n) is 5.37. The summed E-state index contributed by atoms with van der Waals surface area (Å²) >= 11 is 5.67. The summed E-state index contributed by atoms with van der Waals surface area (Å²) in [5.41, 5.74) is 3.17. The monoisotopic (exact) mass is 383 g/mol. The van der Waals surface area contributed by atoms with Crippen molar-refractivity contribution in [1.29, 1.82) is 0 Å². The third-order valence-corrected chi connectivity index (χ3v) is 3.52. The summed E-state index contributed by atoms with van der Waals surface area (Å²) in [4.78, 5) is 40.0. The summed E-state index contributed by atoms with van der Waals surface area (Å²) in [6.07, 6.45) is -0.443. The molecule has 1 heterocycles. The smallest absolute Gasteiger partial charge is 0.408 e. The highest BCUT2D eigenvalue weighted by Crippen LogP contribution is 2.09. The van der Waals surface area contributed by atoms with Gasteiger partial charge in [-0.25, -0.2) is 4.79 Å². The fourth-order valence-electron chi connectivity index (χ4n) is 2.08. The second kappa shape index (κ2) is 9.64. The molecular weight excluding hydrogens is 366 g/mol. The maximum Gasteiger partial charge on any atom is 0.408 e. The highest BCUT2D eigenvalue weighted by molar-refractivity contribution is 6.29. The largest absolute Gasteiger partial charge is 0.481 e. The van der Waals surface area contributed by atoms with E-state index in [0.717, 1.165) is 5.56 Å². The predicted octanol–water partition coefficient (Wildman–Crippen LogP) is 0.856. The van der Waals surface area contributed by atoms with E-state index >= 15 is 0 Å². The van der Waals surface area contributed by atoms with Crippen molar-refractivity contribution >= 4 is 29.6 Å². The van der Waals surface area contributed by atoms with Gasteiger partial charge in [0.15, 0.2) is 0 Å². The second-order valence-corrected chi connectivity index (χ2v) is 5.78. The Morgan fingerprint density at radius 3 is 2.65 bits per heavy atom. The van der Waals surface area contributed by atoms with Crippen LogP contribution in [-0.4, -0.2) is 41.8 Å². The number of nitrogens with one attached hydrogen (secondary N) is 3. The number of carboxylic acids is 1. The number of benzene rings is 1. The Hall–Kier alpha value is -2.78. The van der Waals surface area contributed by atoms with Crippen LogP contribution in [0.4, 0.5) is 4.79 Å².